The lowest BCUT2D eigenvalue weighted by Gasteiger charge is -2.26. The van der Waals surface area contributed by atoms with Gasteiger partial charge in [0.05, 0.1) is 18.1 Å². The van der Waals surface area contributed by atoms with Gasteiger partial charge in [-0.15, -0.1) is 0 Å². The summed E-state index contributed by atoms with van der Waals surface area (Å²) in [5, 5.41) is 17.9. The van der Waals surface area contributed by atoms with Gasteiger partial charge in [0.15, 0.2) is 0 Å². The molecule has 1 aliphatic rings. The molecule has 1 N–H and O–H groups in total. The number of ether oxygens (including phenoxy) is 1. The van der Waals surface area contributed by atoms with Crippen LogP contribution in [0.3, 0.4) is 0 Å². The molecule has 9 heteroatoms. The predicted octanol–water partition coefficient (Wildman–Crippen LogP) is 1.72. The number of hydrogen-bond acceptors (Lipinski definition) is 6. The maximum Gasteiger partial charge on any atom is 0.322 e. The summed E-state index contributed by atoms with van der Waals surface area (Å²) in [7, 11) is 1.57. The molecule has 0 atom stereocenters. The highest BCUT2D eigenvalue weighted by atomic mass is 16.6. The van der Waals surface area contributed by atoms with Gasteiger partial charge in [-0.05, 0) is 24.6 Å². The van der Waals surface area contributed by atoms with Crippen LogP contribution in [0.15, 0.2) is 24.3 Å². The number of aryl methyl sites for hydroxylation is 1. The van der Waals surface area contributed by atoms with Crippen molar-refractivity contribution >= 4 is 17.3 Å². The number of nitrogens with zero attached hydrogens (tertiary/aromatic N) is 4. The molecule has 2 aromatic rings. The van der Waals surface area contributed by atoms with Gasteiger partial charge in [0.2, 0.25) is 5.69 Å². The molecule has 0 saturated carbocycles. The number of anilines is 1. The number of carbonyl (C=O) groups is 1. The molecule has 0 bridgehead atoms. The standard InChI is InChI=1S/C17H21N5O4/c1-12-16(22(24)25)15(19-20(12)2)17(23)18-14-5-3-4-13(10-14)11-21-6-8-26-9-7-21/h3-5,10H,6-9,11H2,1-2H3,(H,18,23). The molecule has 1 aromatic heterocycles. The van der Waals surface area contributed by atoms with Gasteiger partial charge in [-0.25, -0.2) is 0 Å². The number of carbonyl (C=O) groups excluding carboxylic acids is 1. The van der Waals surface area contributed by atoms with E-state index < -0.39 is 10.8 Å². The molecule has 26 heavy (non-hydrogen) atoms. The third kappa shape index (κ3) is 3.89. The molecule has 0 aliphatic carbocycles. The quantitative estimate of drug-likeness (QED) is 0.644. The minimum Gasteiger partial charge on any atom is -0.379 e. The first-order valence-electron chi connectivity index (χ1n) is 8.34. The maximum atomic E-state index is 12.5. The smallest absolute Gasteiger partial charge is 0.322 e. The highest BCUT2D eigenvalue weighted by Crippen LogP contribution is 2.23. The summed E-state index contributed by atoms with van der Waals surface area (Å²) in [6.45, 7) is 5.50. The van der Waals surface area contributed by atoms with Crippen molar-refractivity contribution in [3.8, 4) is 0 Å². The lowest BCUT2D eigenvalue weighted by molar-refractivity contribution is -0.385. The van der Waals surface area contributed by atoms with Crippen molar-refractivity contribution in [2.24, 2.45) is 7.05 Å². The summed E-state index contributed by atoms with van der Waals surface area (Å²) in [5.74, 6) is -0.594. The van der Waals surface area contributed by atoms with Crippen molar-refractivity contribution in [3.05, 3.63) is 51.3 Å². The lowest BCUT2D eigenvalue weighted by atomic mass is 10.1. The molecule has 1 amide bonds. The average molecular weight is 359 g/mol. The van der Waals surface area contributed by atoms with Crippen molar-refractivity contribution in [2.45, 2.75) is 13.5 Å². The summed E-state index contributed by atoms with van der Waals surface area (Å²) in [5.41, 5.74) is 1.51. The topological polar surface area (TPSA) is 103 Å². The van der Waals surface area contributed by atoms with E-state index in [4.69, 9.17) is 4.74 Å². The SMILES string of the molecule is Cc1c([N+](=O)[O-])c(C(=O)Nc2cccc(CN3CCOCC3)c2)nn1C. The zero-order valence-electron chi connectivity index (χ0n) is 14.8. The second kappa shape index (κ2) is 7.63. The number of nitro groups is 1. The highest BCUT2D eigenvalue weighted by molar-refractivity contribution is 6.05. The predicted molar refractivity (Wildman–Crippen MR) is 95.1 cm³/mol. The third-order valence-electron chi connectivity index (χ3n) is 4.39. The molecule has 1 saturated heterocycles. The molecular formula is C17H21N5O4. The number of hydrogen-bond donors (Lipinski definition) is 1. The monoisotopic (exact) mass is 359 g/mol. The molecule has 2 heterocycles. The van der Waals surface area contributed by atoms with Crippen LogP contribution in [0.25, 0.3) is 0 Å². The number of morpholine rings is 1. The first kappa shape index (κ1) is 18.0. The summed E-state index contributed by atoms with van der Waals surface area (Å²) in [6.07, 6.45) is 0. The minimum absolute atomic E-state index is 0.186. The van der Waals surface area contributed by atoms with Crippen molar-refractivity contribution in [1.29, 1.82) is 0 Å². The van der Waals surface area contributed by atoms with E-state index in [0.29, 0.717) is 11.4 Å². The summed E-state index contributed by atoms with van der Waals surface area (Å²) >= 11 is 0. The second-order valence-corrected chi connectivity index (χ2v) is 6.21. The average Bonchev–Trinajstić information content (AvgIpc) is 2.91. The van der Waals surface area contributed by atoms with Crippen LogP contribution in [0.1, 0.15) is 21.7 Å². The van der Waals surface area contributed by atoms with Crippen LogP contribution >= 0.6 is 0 Å². The molecule has 138 valence electrons. The Hall–Kier alpha value is -2.78. The molecule has 0 spiro atoms. The number of nitrogens with one attached hydrogen (secondary N) is 1. The fourth-order valence-corrected chi connectivity index (χ4v) is 2.92. The van der Waals surface area contributed by atoms with Crippen molar-refractivity contribution < 1.29 is 14.5 Å². The van der Waals surface area contributed by atoms with Gasteiger partial charge < -0.3 is 10.1 Å². The Bertz CT molecular complexity index is 827. The van der Waals surface area contributed by atoms with Crippen LogP contribution in [-0.4, -0.2) is 51.8 Å². The van der Waals surface area contributed by atoms with Gasteiger partial charge >= 0.3 is 5.69 Å². The number of rotatable bonds is 5. The van der Waals surface area contributed by atoms with Gasteiger partial charge in [-0.2, -0.15) is 5.10 Å². The Labute approximate surface area is 150 Å². The van der Waals surface area contributed by atoms with E-state index in [9.17, 15) is 14.9 Å². The third-order valence-corrected chi connectivity index (χ3v) is 4.39. The van der Waals surface area contributed by atoms with E-state index in [1.165, 1.54) is 4.68 Å². The number of aromatic nitrogens is 2. The van der Waals surface area contributed by atoms with E-state index >= 15 is 0 Å². The van der Waals surface area contributed by atoms with Crippen LogP contribution in [-0.2, 0) is 18.3 Å². The summed E-state index contributed by atoms with van der Waals surface area (Å²) in [6, 6.07) is 7.46. The van der Waals surface area contributed by atoms with Crippen LogP contribution in [0, 0.1) is 17.0 Å². The molecule has 1 aliphatic heterocycles. The normalized spacial score (nSPS) is 15.0. The van der Waals surface area contributed by atoms with Gasteiger partial charge in [-0.1, -0.05) is 12.1 Å². The second-order valence-electron chi connectivity index (χ2n) is 6.21. The van der Waals surface area contributed by atoms with Crippen molar-refractivity contribution in [2.75, 3.05) is 31.6 Å². The summed E-state index contributed by atoms with van der Waals surface area (Å²) in [4.78, 5) is 25.4. The Morgan fingerprint density at radius 1 is 1.38 bits per heavy atom. The largest absolute Gasteiger partial charge is 0.379 e. The van der Waals surface area contributed by atoms with Crippen LogP contribution in [0.4, 0.5) is 11.4 Å². The maximum absolute atomic E-state index is 12.5. The lowest BCUT2D eigenvalue weighted by Crippen LogP contribution is -2.35. The Morgan fingerprint density at radius 3 is 2.81 bits per heavy atom. The van der Waals surface area contributed by atoms with Crippen LogP contribution < -0.4 is 5.32 Å². The fraction of sp³-hybridized carbons (Fsp3) is 0.412. The van der Waals surface area contributed by atoms with Crippen LogP contribution in [0.5, 0.6) is 0 Å². The molecule has 1 fully saturated rings. The molecule has 0 unspecified atom stereocenters. The number of benzene rings is 1. The van der Waals surface area contributed by atoms with Crippen molar-refractivity contribution in [1.82, 2.24) is 14.7 Å². The zero-order valence-corrected chi connectivity index (χ0v) is 14.8. The molecule has 9 nitrogen and oxygen atoms in total. The minimum atomic E-state index is -0.594. The van der Waals surface area contributed by atoms with E-state index in [-0.39, 0.29) is 11.4 Å². The van der Waals surface area contributed by atoms with E-state index in [0.717, 1.165) is 38.4 Å². The first-order chi connectivity index (χ1) is 12.5. The molecule has 1 aromatic carbocycles. The van der Waals surface area contributed by atoms with Gasteiger partial charge in [-0.3, -0.25) is 24.5 Å². The molecular weight excluding hydrogens is 338 g/mol. The van der Waals surface area contributed by atoms with E-state index in [1.807, 2.05) is 18.2 Å². The van der Waals surface area contributed by atoms with Crippen molar-refractivity contribution in [3.63, 3.8) is 0 Å². The summed E-state index contributed by atoms with van der Waals surface area (Å²) < 4.78 is 6.68. The van der Waals surface area contributed by atoms with Gasteiger partial charge in [0.25, 0.3) is 5.91 Å². The Kier molecular flexibility index (Phi) is 5.29. The number of amides is 1. The first-order valence-corrected chi connectivity index (χ1v) is 8.34. The Balaban J connectivity index is 1.75. The fourth-order valence-electron chi connectivity index (χ4n) is 2.92. The van der Waals surface area contributed by atoms with E-state index in [1.54, 1.807) is 20.0 Å². The zero-order chi connectivity index (χ0) is 18.7. The van der Waals surface area contributed by atoms with Gasteiger partial charge in [0, 0.05) is 32.4 Å². The Morgan fingerprint density at radius 2 is 2.12 bits per heavy atom. The molecule has 3 rings (SSSR count). The highest BCUT2D eigenvalue weighted by Gasteiger charge is 2.29. The van der Waals surface area contributed by atoms with E-state index in [2.05, 4.69) is 15.3 Å². The molecule has 0 radical (unpaired) electrons. The van der Waals surface area contributed by atoms with Gasteiger partial charge in [0.1, 0.15) is 5.69 Å². The van der Waals surface area contributed by atoms with Crippen LogP contribution in [0.2, 0.25) is 0 Å².